The van der Waals surface area contributed by atoms with Crippen molar-refractivity contribution in [2.24, 2.45) is 0 Å². The van der Waals surface area contributed by atoms with Gasteiger partial charge in [0.15, 0.2) is 11.5 Å². The van der Waals surface area contributed by atoms with E-state index in [4.69, 9.17) is 0 Å². The minimum atomic E-state index is -4.62. The molecule has 2 heterocycles. The number of piperazine rings is 1. The van der Waals surface area contributed by atoms with Crippen molar-refractivity contribution >= 4 is 28.6 Å². The first kappa shape index (κ1) is 20.9. The Bertz CT molecular complexity index is 1120. The molecular weight excluding hydrogens is 407 g/mol. The first-order valence-electron chi connectivity index (χ1n) is 9.94. The zero-order valence-corrected chi connectivity index (χ0v) is 17.2. The van der Waals surface area contributed by atoms with Gasteiger partial charge in [-0.05, 0) is 43.2 Å². The van der Waals surface area contributed by atoms with Gasteiger partial charge in [-0.25, -0.2) is 14.8 Å². The number of fused-ring (bicyclic) bond motifs is 1. The van der Waals surface area contributed by atoms with Gasteiger partial charge in [0, 0.05) is 31.9 Å². The lowest BCUT2D eigenvalue weighted by Gasteiger charge is -2.36. The van der Waals surface area contributed by atoms with E-state index in [0.29, 0.717) is 5.52 Å². The van der Waals surface area contributed by atoms with Crippen LogP contribution in [0.5, 0.6) is 0 Å². The molecule has 0 aliphatic carbocycles. The topological polar surface area (TPSA) is 61.4 Å². The number of anilines is 2. The van der Waals surface area contributed by atoms with Crippen LogP contribution in [0.3, 0.4) is 0 Å². The minimum Gasteiger partial charge on any atom is -0.351 e. The smallest absolute Gasteiger partial charge is 0.351 e. The van der Waals surface area contributed by atoms with E-state index < -0.39 is 11.9 Å². The molecule has 0 bridgehead atoms. The zero-order chi connectivity index (χ0) is 22.2. The highest BCUT2D eigenvalue weighted by molar-refractivity contribution is 5.90. The molecule has 6 nitrogen and oxygen atoms in total. The number of para-hydroxylation sites is 2. The van der Waals surface area contributed by atoms with Gasteiger partial charge in [-0.1, -0.05) is 24.3 Å². The van der Waals surface area contributed by atoms with Gasteiger partial charge in [0.05, 0.1) is 11.0 Å². The fourth-order valence-electron chi connectivity index (χ4n) is 3.59. The van der Waals surface area contributed by atoms with Gasteiger partial charge in [-0.2, -0.15) is 13.2 Å². The maximum atomic E-state index is 13.6. The van der Waals surface area contributed by atoms with Crippen LogP contribution in [0.25, 0.3) is 11.0 Å². The number of amides is 2. The molecule has 1 aliphatic heterocycles. The maximum Gasteiger partial charge on any atom is 0.437 e. The molecule has 3 aromatic rings. The summed E-state index contributed by atoms with van der Waals surface area (Å²) in [6.45, 7) is 4.87. The SMILES string of the molecule is Cc1ccc(C)c(NC(=O)N2CCN(c3nc4ccccc4nc3C(F)(F)F)CC2)c1. The van der Waals surface area contributed by atoms with Crippen molar-refractivity contribution in [3.8, 4) is 0 Å². The Morgan fingerprint density at radius 2 is 1.61 bits per heavy atom. The molecule has 0 unspecified atom stereocenters. The average molecular weight is 429 g/mol. The predicted octanol–water partition coefficient (Wildman–Crippen LogP) is 4.62. The molecule has 1 N–H and O–H groups in total. The van der Waals surface area contributed by atoms with Crippen molar-refractivity contribution in [2.75, 3.05) is 36.4 Å². The summed E-state index contributed by atoms with van der Waals surface area (Å²) < 4.78 is 40.9. The van der Waals surface area contributed by atoms with Crippen LogP contribution in [0.4, 0.5) is 29.5 Å². The molecule has 1 saturated heterocycles. The summed E-state index contributed by atoms with van der Waals surface area (Å²) in [5, 5.41) is 2.90. The van der Waals surface area contributed by atoms with Gasteiger partial charge >= 0.3 is 12.2 Å². The molecule has 0 atom stereocenters. The largest absolute Gasteiger partial charge is 0.437 e. The Balaban J connectivity index is 1.51. The Hall–Kier alpha value is -3.36. The van der Waals surface area contributed by atoms with Gasteiger partial charge < -0.3 is 15.1 Å². The van der Waals surface area contributed by atoms with Crippen molar-refractivity contribution in [1.29, 1.82) is 0 Å². The van der Waals surface area contributed by atoms with E-state index in [9.17, 15) is 18.0 Å². The summed E-state index contributed by atoms with van der Waals surface area (Å²) in [5.41, 5.74) is 2.30. The van der Waals surface area contributed by atoms with Crippen LogP contribution in [-0.2, 0) is 6.18 Å². The predicted molar refractivity (Wildman–Crippen MR) is 113 cm³/mol. The van der Waals surface area contributed by atoms with Crippen LogP contribution in [-0.4, -0.2) is 47.1 Å². The lowest BCUT2D eigenvalue weighted by Crippen LogP contribution is -2.50. The second-order valence-corrected chi connectivity index (χ2v) is 7.60. The monoisotopic (exact) mass is 429 g/mol. The van der Waals surface area contributed by atoms with Crippen LogP contribution >= 0.6 is 0 Å². The average Bonchev–Trinajstić information content (AvgIpc) is 2.75. The summed E-state index contributed by atoms with van der Waals surface area (Å²) >= 11 is 0. The van der Waals surface area contributed by atoms with Gasteiger partial charge in [-0.3, -0.25) is 0 Å². The second kappa shape index (κ2) is 8.05. The van der Waals surface area contributed by atoms with Crippen molar-refractivity contribution in [1.82, 2.24) is 14.9 Å². The van der Waals surface area contributed by atoms with Gasteiger partial charge in [0.1, 0.15) is 0 Å². The van der Waals surface area contributed by atoms with E-state index in [-0.39, 0.29) is 43.5 Å². The fourth-order valence-corrected chi connectivity index (χ4v) is 3.59. The molecule has 4 rings (SSSR count). The minimum absolute atomic E-state index is 0.194. The number of rotatable bonds is 2. The van der Waals surface area contributed by atoms with Crippen LogP contribution in [0.15, 0.2) is 42.5 Å². The van der Waals surface area contributed by atoms with Crippen LogP contribution < -0.4 is 10.2 Å². The van der Waals surface area contributed by atoms with E-state index in [1.807, 2.05) is 32.0 Å². The van der Waals surface area contributed by atoms with Gasteiger partial charge in [0.2, 0.25) is 0 Å². The molecule has 0 spiro atoms. The van der Waals surface area contributed by atoms with E-state index in [1.54, 1.807) is 28.0 Å². The van der Waals surface area contributed by atoms with E-state index in [2.05, 4.69) is 15.3 Å². The summed E-state index contributed by atoms with van der Waals surface area (Å²) in [7, 11) is 0. The number of halogens is 3. The first-order valence-corrected chi connectivity index (χ1v) is 9.94. The third kappa shape index (κ3) is 4.40. The number of carbonyl (C=O) groups excluding carboxylic acids is 1. The molecule has 2 amide bonds. The molecule has 31 heavy (non-hydrogen) atoms. The number of aromatic nitrogens is 2. The number of alkyl halides is 3. The lowest BCUT2D eigenvalue weighted by atomic mass is 10.1. The quantitative estimate of drug-likeness (QED) is 0.646. The molecule has 162 valence electrons. The Kier molecular flexibility index (Phi) is 5.43. The van der Waals surface area contributed by atoms with Crippen LogP contribution in [0.2, 0.25) is 0 Å². The highest BCUT2D eigenvalue weighted by atomic mass is 19.4. The number of benzene rings is 2. The molecule has 1 aliphatic rings. The maximum absolute atomic E-state index is 13.6. The highest BCUT2D eigenvalue weighted by Crippen LogP contribution is 2.35. The number of nitrogens with one attached hydrogen (secondary N) is 1. The number of hydrogen-bond donors (Lipinski definition) is 1. The van der Waals surface area contributed by atoms with Crippen LogP contribution in [0.1, 0.15) is 16.8 Å². The summed E-state index contributed by atoms with van der Waals surface area (Å²) in [6.07, 6.45) is -4.62. The summed E-state index contributed by atoms with van der Waals surface area (Å²) in [4.78, 5) is 23.9. The second-order valence-electron chi connectivity index (χ2n) is 7.60. The number of nitrogens with zero attached hydrogens (tertiary/aromatic N) is 4. The van der Waals surface area contributed by atoms with E-state index >= 15 is 0 Å². The zero-order valence-electron chi connectivity index (χ0n) is 17.2. The normalized spacial score (nSPS) is 14.7. The molecule has 1 fully saturated rings. The molecule has 0 saturated carbocycles. The number of aryl methyl sites for hydroxylation is 2. The fraction of sp³-hybridized carbons (Fsp3) is 0.318. The number of hydrogen-bond acceptors (Lipinski definition) is 4. The van der Waals surface area contributed by atoms with Crippen molar-refractivity contribution in [3.05, 3.63) is 59.3 Å². The van der Waals surface area contributed by atoms with Crippen molar-refractivity contribution in [2.45, 2.75) is 20.0 Å². The first-order chi connectivity index (χ1) is 14.7. The highest BCUT2D eigenvalue weighted by Gasteiger charge is 2.39. The number of carbonyl (C=O) groups is 1. The number of urea groups is 1. The Morgan fingerprint density at radius 1 is 0.968 bits per heavy atom. The van der Waals surface area contributed by atoms with E-state index in [1.165, 1.54) is 6.07 Å². The third-order valence-electron chi connectivity index (χ3n) is 5.32. The summed E-state index contributed by atoms with van der Waals surface area (Å²) in [5.74, 6) is -0.194. The third-order valence-corrected chi connectivity index (χ3v) is 5.32. The van der Waals surface area contributed by atoms with Gasteiger partial charge in [-0.15, -0.1) is 0 Å². The Labute approximate surface area is 177 Å². The van der Waals surface area contributed by atoms with Crippen LogP contribution in [0, 0.1) is 13.8 Å². The Morgan fingerprint density at radius 3 is 2.26 bits per heavy atom. The standard InChI is InChI=1S/C22H22F3N5O/c1-14-7-8-15(2)18(13-14)28-21(31)30-11-9-29(10-12-30)20-19(22(23,24)25)26-16-5-3-4-6-17(16)27-20/h3-8,13H,9-12H2,1-2H3,(H,28,31). The molecular formula is C22H22F3N5O. The lowest BCUT2D eigenvalue weighted by molar-refractivity contribution is -0.140. The molecule has 2 aromatic carbocycles. The van der Waals surface area contributed by atoms with Gasteiger partial charge in [0.25, 0.3) is 0 Å². The molecule has 0 radical (unpaired) electrons. The van der Waals surface area contributed by atoms with Crippen molar-refractivity contribution < 1.29 is 18.0 Å². The summed E-state index contributed by atoms with van der Waals surface area (Å²) in [6, 6.07) is 12.0. The molecule has 1 aromatic heterocycles. The molecule has 9 heteroatoms. The van der Waals surface area contributed by atoms with E-state index in [0.717, 1.165) is 16.8 Å². The van der Waals surface area contributed by atoms with Crippen molar-refractivity contribution in [3.63, 3.8) is 0 Å².